The van der Waals surface area contributed by atoms with Crippen molar-refractivity contribution >= 4 is 17.0 Å². The van der Waals surface area contributed by atoms with Crippen LogP contribution in [0.1, 0.15) is 25.7 Å². The molecule has 3 N–H and O–H groups in total. The van der Waals surface area contributed by atoms with Crippen molar-refractivity contribution in [3.63, 3.8) is 0 Å². The maximum Gasteiger partial charge on any atom is 0.201 e. The number of nitrogens with zero attached hydrogens (tertiary/aromatic N) is 1. The molecule has 2 aromatic rings. The van der Waals surface area contributed by atoms with Gasteiger partial charge in [0.2, 0.25) is 5.95 Å². The van der Waals surface area contributed by atoms with Crippen LogP contribution in [-0.2, 0) is 0 Å². The third kappa shape index (κ3) is 2.34. The van der Waals surface area contributed by atoms with E-state index in [2.05, 4.69) is 15.3 Å². The summed E-state index contributed by atoms with van der Waals surface area (Å²) in [5, 5.41) is 12.6. The molecule has 0 radical (unpaired) electrons. The van der Waals surface area contributed by atoms with E-state index >= 15 is 0 Å². The van der Waals surface area contributed by atoms with Crippen LogP contribution in [0.15, 0.2) is 24.3 Å². The van der Waals surface area contributed by atoms with Gasteiger partial charge in [-0.2, -0.15) is 0 Å². The Morgan fingerprint density at radius 3 is 2.72 bits per heavy atom. The van der Waals surface area contributed by atoms with Crippen LogP contribution in [-0.4, -0.2) is 27.7 Å². The molecule has 0 spiro atoms. The average Bonchev–Trinajstić information content (AvgIpc) is 2.82. The number of aromatic nitrogens is 2. The number of hydrogen-bond acceptors (Lipinski definition) is 3. The van der Waals surface area contributed by atoms with Gasteiger partial charge in [0.1, 0.15) is 0 Å². The molecule has 1 heterocycles. The molecule has 18 heavy (non-hydrogen) atoms. The molecule has 1 fully saturated rings. The second-order valence-electron chi connectivity index (χ2n) is 5.15. The minimum absolute atomic E-state index is 0.331. The Labute approximate surface area is 106 Å². The Morgan fingerprint density at radius 1 is 1.22 bits per heavy atom. The van der Waals surface area contributed by atoms with Crippen molar-refractivity contribution < 1.29 is 5.11 Å². The topological polar surface area (TPSA) is 60.9 Å². The number of fused-ring (bicyclic) bond motifs is 1. The number of nitrogens with one attached hydrogen (secondary N) is 2. The van der Waals surface area contributed by atoms with Crippen LogP contribution in [0, 0.1) is 5.92 Å². The summed E-state index contributed by atoms with van der Waals surface area (Å²) >= 11 is 0. The fourth-order valence-corrected chi connectivity index (χ4v) is 2.70. The predicted molar refractivity (Wildman–Crippen MR) is 72.5 cm³/mol. The first-order chi connectivity index (χ1) is 8.85. The number of aliphatic hydroxyl groups is 1. The summed E-state index contributed by atoms with van der Waals surface area (Å²) in [7, 11) is 0. The maximum absolute atomic E-state index is 9.12. The molecule has 96 valence electrons. The average molecular weight is 245 g/mol. The van der Waals surface area contributed by atoms with E-state index in [1.165, 1.54) is 0 Å². The van der Waals surface area contributed by atoms with Gasteiger partial charge in [0.05, 0.1) is 11.0 Å². The molecule has 0 aliphatic heterocycles. The molecule has 1 aromatic carbocycles. The van der Waals surface area contributed by atoms with Gasteiger partial charge in [-0.3, -0.25) is 0 Å². The van der Waals surface area contributed by atoms with Crippen molar-refractivity contribution in [2.24, 2.45) is 5.92 Å². The molecule has 1 aliphatic carbocycles. The van der Waals surface area contributed by atoms with E-state index in [-0.39, 0.29) is 0 Å². The van der Waals surface area contributed by atoms with Gasteiger partial charge in [0.25, 0.3) is 0 Å². The minimum Gasteiger partial charge on any atom is -0.396 e. The number of para-hydroxylation sites is 2. The monoisotopic (exact) mass is 245 g/mol. The molecule has 4 heteroatoms. The first-order valence-electron chi connectivity index (χ1n) is 6.67. The van der Waals surface area contributed by atoms with Crippen molar-refractivity contribution in [1.82, 2.24) is 9.97 Å². The molecule has 0 bridgehead atoms. The van der Waals surface area contributed by atoms with Crippen LogP contribution in [0.25, 0.3) is 11.0 Å². The number of rotatable bonds is 3. The number of anilines is 1. The highest BCUT2D eigenvalue weighted by Gasteiger charge is 2.20. The molecule has 1 saturated carbocycles. The fourth-order valence-electron chi connectivity index (χ4n) is 2.70. The van der Waals surface area contributed by atoms with E-state index in [0.717, 1.165) is 42.7 Å². The van der Waals surface area contributed by atoms with Crippen molar-refractivity contribution in [3.05, 3.63) is 24.3 Å². The summed E-state index contributed by atoms with van der Waals surface area (Å²) in [5.41, 5.74) is 2.08. The van der Waals surface area contributed by atoms with Crippen molar-refractivity contribution in [2.75, 3.05) is 11.9 Å². The van der Waals surface area contributed by atoms with Crippen molar-refractivity contribution in [3.8, 4) is 0 Å². The Bertz CT molecular complexity index is 481. The zero-order valence-corrected chi connectivity index (χ0v) is 10.4. The Hall–Kier alpha value is -1.55. The van der Waals surface area contributed by atoms with E-state index in [1.54, 1.807) is 0 Å². The van der Waals surface area contributed by atoms with Crippen LogP contribution >= 0.6 is 0 Å². The lowest BCUT2D eigenvalue weighted by Gasteiger charge is -2.27. The molecule has 0 saturated heterocycles. The van der Waals surface area contributed by atoms with Gasteiger partial charge in [-0.1, -0.05) is 12.1 Å². The van der Waals surface area contributed by atoms with Crippen LogP contribution < -0.4 is 5.32 Å². The van der Waals surface area contributed by atoms with E-state index in [0.29, 0.717) is 18.6 Å². The maximum atomic E-state index is 9.12. The van der Waals surface area contributed by atoms with Gasteiger partial charge in [-0.15, -0.1) is 0 Å². The van der Waals surface area contributed by atoms with Crippen molar-refractivity contribution in [1.29, 1.82) is 0 Å². The molecule has 3 rings (SSSR count). The third-order valence-electron chi connectivity index (χ3n) is 3.84. The van der Waals surface area contributed by atoms with Crippen molar-refractivity contribution in [2.45, 2.75) is 31.7 Å². The highest BCUT2D eigenvalue weighted by atomic mass is 16.3. The first kappa shape index (κ1) is 11.5. The van der Waals surface area contributed by atoms with Gasteiger partial charge in [0, 0.05) is 12.6 Å². The molecule has 0 unspecified atom stereocenters. The van der Waals surface area contributed by atoms with E-state index < -0.39 is 0 Å². The minimum atomic E-state index is 0.331. The zero-order valence-electron chi connectivity index (χ0n) is 10.4. The van der Waals surface area contributed by atoms with Crippen LogP contribution in [0.4, 0.5) is 5.95 Å². The van der Waals surface area contributed by atoms with E-state index in [4.69, 9.17) is 5.11 Å². The van der Waals surface area contributed by atoms with Crippen LogP contribution in [0.5, 0.6) is 0 Å². The summed E-state index contributed by atoms with van der Waals surface area (Å²) in [6, 6.07) is 8.54. The fraction of sp³-hybridized carbons (Fsp3) is 0.500. The lowest BCUT2D eigenvalue weighted by Crippen LogP contribution is -2.27. The van der Waals surface area contributed by atoms with Gasteiger partial charge in [0.15, 0.2) is 0 Å². The number of hydrogen-bond donors (Lipinski definition) is 3. The summed E-state index contributed by atoms with van der Waals surface area (Å²) in [6.07, 6.45) is 4.44. The smallest absolute Gasteiger partial charge is 0.201 e. The number of aromatic amines is 1. The number of aliphatic hydroxyl groups excluding tert-OH is 1. The Balaban J connectivity index is 1.66. The zero-order chi connectivity index (χ0) is 12.4. The normalized spacial score (nSPS) is 24.3. The second kappa shape index (κ2) is 4.98. The summed E-state index contributed by atoms with van der Waals surface area (Å²) in [5.74, 6) is 1.36. The number of benzene rings is 1. The number of imidazole rings is 1. The second-order valence-corrected chi connectivity index (χ2v) is 5.15. The van der Waals surface area contributed by atoms with Crippen LogP contribution in [0.2, 0.25) is 0 Å². The first-order valence-corrected chi connectivity index (χ1v) is 6.67. The van der Waals surface area contributed by atoms with Gasteiger partial charge >= 0.3 is 0 Å². The lowest BCUT2D eigenvalue weighted by atomic mass is 9.87. The molecule has 0 atom stereocenters. The highest BCUT2D eigenvalue weighted by Crippen LogP contribution is 2.26. The standard InChI is InChI=1S/C14H19N3O/c18-9-10-5-7-11(8-6-10)15-14-16-12-3-1-2-4-13(12)17-14/h1-4,10-11,18H,5-9H2,(H2,15,16,17). The molecule has 1 aromatic heterocycles. The molecule has 0 amide bonds. The van der Waals surface area contributed by atoms with Gasteiger partial charge < -0.3 is 15.4 Å². The quantitative estimate of drug-likeness (QED) is 0.778. The number of H-pyrrole nitrogens is 1. The van der Waals surface area contributed by atoms with Gasteiger partial charge in [-0.25, -0.2) is 4.98 Å². The SMILES string of the molecule is OCC1CCC(Nc2nc3ccccc3[nH]2)CC1. The summed E-state index contributed by atoms with van der Waals surface area (Å²) in [6.45, 7) is 0.331. The predicted octanol–water partition coefficient (Wildman–Crippen LogP) is 2.53. The summed E-state index contributed by atoms with van der Waals surface area (Å²) < 4.78 is 0. The molecule has 4 nitrogen and oxygen atoms in total. The van der Waals surface area contributed by atoms with Crippen LogP contribution in [0.3, 0.4) is 0 Å². The highest BCUT2D eigenvalue weighted by molar-refractivity contribution is 5.77. The van der Waals surface area contributed by atoms with Gasteiger partial charge in [-0.05, 0) is 43.7 Å². The molecular weight excluding hydrogens is 226 g/mol. The van der Waals surface area contributed by atoms with E-state index in [1.807, 2.05) is 24.3 Å². The molecule has 1 aliphatic rings. The third-order valence-corrected chi connectivity index (χ3v) is 3.84. The summed E-state index contributed by atoms with van der Waals surface area (Å²) in [4.78, 5) is 7.83. The lowest BCUT2D eigenvalue weighted by molar-refractivity contribution is 0.185. The van der Waals surface area contributed by atoms with E-state index in [9.17, 15) is 0 Å². The molecular formula is C14H19N3O. The largest absolute Gasteiger partial charge is 0.396 e. The Morgan fingerprint density at radius 2 is 2.00 bits per heavy atom. The Kier molecular flexibility index (Phi) is 3.19.